The standard InChI is InChI=1S/C12H13N5/c1-3-5-9-15-11-7-4-6-10-13-8(2)14-12(16-9)17(10)11/h4,6-7H,3,5H2,1-2H3. The molecule has 0 aromatic rings. The molecule has 0 aromatic carbocycles. The van der Waals surface area contributed by atoms with Crippen LogP contribution in [0, 0.1) is 0 Å². The van der Waals surface area contributed by atoms with E-state index < -0.39 is 0 Å². The Morgan fingerprint density at radius 1 is 1.18 bits per heavy atom. The van der Waals surface area contributed by atoms with Crippen molar-refractivity contribution in [1.29, 1.82) is 0 Å². The van der Waals surface area contributed by atoms with E-state index in [1.165, 1.54) is 0 Å². The van der Waals surface area contributed by atoms with E-state index in [1.807, 2.05) is 30.1 Å². The van der Waals surface area contributed by atoms with Gasteiger partial charge in [-0.1, -0.05) is 13.0 Å². The minimum atomic E-state index is 0.682. The maximum absolute atomic E-state index is 4.52. The van der Waals surface area contributed by atoms with Crippen molar-refractivity contribution in [3.63, 3.8) is 0 Å². The minimum Gasteiger partial charge on any atom is -0.246 e. The molecule has 0 aliphatic carbocycles. The fourth-order valence-electron chi connectivity index (χ4n) is 1.93. The van der Waals surface area contributed by atoms with Crippen LogP contribution >= 0.6 is 0 Å². The smallest absolute Gasteiger partial charge is 0.240 e. The van der Waals surface area contributed by atoms with Crippen LogP contribution in [-0.4, -0.2) is 28.4 Å². The van der Waals surface area contributed by atoms with Crippen molar-refractivity contribution in [3.05, 3.63) is 24.0 Å². The molecular formula is C12H13N5. The number of amidine groups is 3. The van der Waals surface area contributed by atoms with E-state index in [-0.39, 0.29) is 0 Å². The van der Waals surface area contributed by atoms with Crippen LogP contribution in [0.2, 0.25) is 0 Å². The Morgan fingerprint density at radius 3 is 2.88 bits per heavy atom. The number of hydrogen-bond donors (Lipinski definition) is 0. The maximum Gasteiger partial charge on any atom is 0.240 e. The van der Waals surface area contributed by atoms with Crippen molar-refractivity contribution in [2.24, 2.45) is 20.0 Å². The van der Waals surface area contributed by atoms with E-state index in [1.54, 1.807) is 0 Å². The molecule has 0 aromatic heterocycles. The molecule has 0 saturated heterocycles. The Bertz CT molecular complexity index is 545. The van der Waals surface area contributed by atoms with Crippen LogP contribution in [0.15, 0.2) is 44.0 Å². The Morgan fingerprint density at radius 2 is 2.06 bits per heavy atom. The van der Waals surface area contributed by atoms with Gasteiger partial charge in [-0.15, -0.1) is 0 Å². The molecule has 3 rings (SSSR count). The molecule has 0 spiro atoms. The van der Waals surface area contributed by atoms with Gasteiger partial charge in [0, 0.05) is 6.42 Å². The first-order chi connectivity index (χ1) is 8.28. The molecule has 0 atom stereocenters. The van der Waals surface area contributed by atoms with Gasteiger partial charge in [-0.3, -0.25) is 0 Å². The first-order valence-corrected chi connectivity index (χ1v) is 5.76. The molecule has 0 fully saturated rings. The molecule has 17 heavy (non-hydrogen) atoms. The highest BCUT2D eigenvalue weighted by Gasteiger charge is 2.29. The van der Waals surface area contributed by atoms with Crippen LogP contribution in [0.5, 0.6) is 0 Å². The van der Waals surface area contributed by atoms with Gasteiger partial charge in [-0.2, -0.15) is 9.98 Å². The number of allylic oxidation sites excluding steroid dienone is 2. The summed E-state index contributed by atoms with van der Waals surface area (Å²) in [6.45, 7) is 4.00. The third-order valence-corrected chi connectivity index (χ3v) is 2.63. The highest BCUT2D eigenvalue weighted by atomic mass is 15.4. The monoisotopic (exact) mass is 227 g/mol. The average molecular weight is 227 g/mol. The summed E-state index contributed by atoms with van der Waals surface area (Å²) in [6.07, 6.45) is 7.76. The Kier molecular flexibility index (Phi) is 2.24. The highest BCUT2D eigenvalue weighted by molar-refractivity contribution is 6.20. The number of hydrogen-bond acceptors (Lipinski definition) is 5. The van der Waals surface area contributed by atoms with Crippen molar-refractivity contribution in [2.75, 3.05) is 0 Å². The molecule has 0 bridgehead atoms. The average Bonchev–Trinajstić information content (AvgIpc) is 2.28. The molecule has 3 heterocycles. The molecule has 5 heteroatoms. The van der Waals surface area contributed by atoms with Gasteiger partial charge in [0.15, 0.2) is 0 Å². The summed E-state index contributed by atoms with van der Waals surface area (Å²) < 4.78 is 0. The van der Waals surface area contributed by atoms with Gasteiger partial charge in [0.25, 0.3) is 0 Å². The van der Waals surface area contributed by atoms with Crippen molar-refractivity contribution in [2.45, 2.75) is 26.7 Å². The van der Waals surface area contributed by atoms with Crippen molar-refractivity contribution >= 4 is 23.5 Å². The second-order valence-electron chi connectivity index (χ2n) is 4.04. The summed E-state index contributed by atoms with van der Waals surface area (Å²) in [7, 11) is 0. The Balaban J connectivity index is 2.10. The molecule has 3 aliphatic rings. The van der Waals surface area contributed by atoms with Gasteiger partial charge in [-0.05, 0) is 25.5 Å². The van der Waals surface area contributed by atoms with Gasteiger partial charge in [0.1, 0.15) is 23.3 Å². The lowest BCUT2D eigenvalue weighted by molar-refractivity contribution is 0.705. The summed E-state index contributed by atoms with van der Waals surface area (Å²) in [6, 6.07) is 0. The van der Waals surface area contributed by atoms with Gasteiger partial charge >= 0.3 is 0 Å². The molecule has 0 saturated carbocycles. The van der Waals surface area contributed by atoms with E-state index in [4.69, 9.17) is 0 Å². The van der Waals surface area contributed by atoms with Crippen LogP contribution in [0.3, 0.4) is 0 Å². The zero-order valence-corrected chi connectivity index (χ0v) is 9.88. The first kappa shape index (κ1) is 10.1. The lowest BCUT2D eigenvalue weighted by atomic mass is 10.2. The maximum atomic E-state index is 4.52. The lowest BCUT2D eigenvalue weighted by Gasteiger charge is -2.30. The number of nitrogens with zero attached hydrogens (tertiary/aromatic N) is 5. The van der Waals surface area contributed by atoms with E-state index in [0.29, 0.717) is 5.96 Å². The highest BCUT2D eigenvalue weighted by Crippen LogP contribution is 2.23. The second-order valence-corrected chi connectivity index (χ2v) is 4.04. The molecular weight excluding hydrogens is 214 g/mol. The summed E-state index contributed by atoms with van der Waals surface area (Å²) in [5.41, 5.74) is 0. The van der Waals surface area contributed by atoms with Gasteiger partial charge in [0.2, 0.25) is 5.96 Å². The molecule has 0 amide bonds. The van der Waals surface area contributed by atoms with E-state index in [2.05, 4.69) is 26.9 Å². The van der Waals surface area contributed by atoms with Crippen LogP contribution < -0.4 is 0 Å². The number of guanidine groups is 1. The predicted octanol–water partition coefficient (Wildman–Crippen LogP) is 2.10. The van der Waals surface area contributed by atoms with Gasteiger partial charge in [0.05, 0.1) is 0 Å². The first-order valence-electron chi connectivity index (χ1n) is 5.76. The fraction of sp³-hybridized carbons (Fsp3) is 0.333. The van der Waals surface area contributed by atoms with Crippen LogP contribution in [0.4, 0.5) is 0 Å². The summed E-state index contributed by atoms with van der Waals surface area (Å²) in [5.74, 6) is 3.96. The van der Waals surface area contributed by atoms with Crippen LogP contribution in [-0.2, 0) is 0 Å². The number of rotatable bonds is 2. The van der Waals surface area contributed by atoms with Gasteiger partial charge < -0.3 is 0 Å². The van der Waals surface area contributed by atoms with Crippen molar-refractivity contribution < 1.29 is 0 Å². The van der Waals surface area contributed by atoms with E-state index in [0.717, 1.165) is 36.2 Å². The van der Waals surface area contributed by atoms with E-state index >= 15 is 0 Å². The number of aliphatic imine (C=N–C) groups is 4. The third-order valence-electron chi connectivity index (χ3n) is 2.63. The predicted molar refractivity (Wildman–Crippen MR) is 69.4 cm³/mol. The quantitative estimate of drug-likeness (QED) is 0.712. The van der Waals surface area contributed by atoms with Crippen molar-refractivity contribution in [1.82, 2.24) is 4.90 Å². The zero-order chi connectivity index (χ0) is 11.8. The largest absolute Gasteiger partial charge is 0.246 e. The Hall–Kier alpha value is -2.04. The molecule has 0 N–H and O–H groups in total. The van der Waals surface area contributed by atoms with E-state index in [9.17, 15) is 0 Å². The van der Waals surface area contributed by atoms with Crippen LogP contribution in [0.25, 0.3) is 0 Å². The molecule has 0 radical (unpaired) electrons. The molecule has 5 nitrogen and oxygen atoms in total. The minimum absolute atomic E-state index is 0.682. The third kappa shape index (κ3) is 1.63. The fourth-order valence-corrected chi connectivity index (χ4v) is 1.93. The van der Waals surface area contributed by atoms with Crippen molar-refractivity contribution in [3.8, 4) is 0 Å². The Labute approximate surface area is 99.7 Å². The summed E-state index contributed by atoms with van der Waals surface area (Å²) in [5, 5.41) is 0. The van der Waals surface area contributed by atoms with Gasteiger partial charge in [-0.25, -0.2) is 14.9 Å². The lowest BCUT2D eigenvalue weighted by Crippen LogP contribution is -2.41. The summed E-state index contributed by atoms with van der Waals surface area (Å²) in [4.78, 5) is 19.6. The molecule has 3 aliphatic heterocycles. The zero-order valence-electron chi connectivity index (χ0n) is 9.88. The second kappa shape index (κ2) is 3.76. The van der Waals surface area contributed by atoms with Crippen LogP contribution in [0.1, 0.15) is 26.7 Å². The summed E-state index contributed by atoms with van der Waals surface area (Å²) >= 11 is 0. The normalized spacial score (nSPS) is 21.1. The SMILES string of the molecule is CCCC1=NC2=CC=CC3=NC(C)=NC(=N1)N23. The molecule has 86 valence electrons. The topological polar surface area (TPSA) is 52.7 Å². The molecule has 0 unspecified atom stereocenters.